The zero-order chi connectivity index (χ0) is 22.1. The Balaban J connectivity index is 1.36. The van der Waals surface area contributed by atoms with Crippen LogP contribution in [0.2, 0.25) is 0 Å². The number of ether oxygens (including phenoxy) is 1. The monoisotopic (exact) mass is 431 g/mol. The molecule has 0 amide bonds. The van der Waals surface area contributed by atoms with Crippen molar-refractivity contribution < 1.29 is 4.74 Å². The number of pyridine rings is 1. The van der Waals surface area contributed by atoms with Crippen LogP contribution < -0.4 is 15.4 Å². The highest BCUT2D eigenvalue weighted by Gasteiger charge is 2.21. The second-order valence-electron chi connectivity index (χ2n) is 7.88. The Hall–Kier alpha value is -3.59. The maximum absolute atomic E-state index is 12.7. The number of fused-ring (bicyclic) bond motifs is 2. The average molecular weight is 432 g/mol. The van der Waals surface area contributed by atoms with Crippen LogP contribution in [0.3, 0.4) is 0 Å². The van der Waals surface area contributed by atoms with Crippen molar-refractivity contribution in [3.63, 3.8) is 0 Å². The summed E-state index contributed by atoms with van der Waals surface area (Å²) in [7, 11) is 1.62. The van der Waals surface area contributed by atoms with Crippen molar-refractivity contribution in [3.8, 4) is 0 Å². The maximum Gasteiger partial charge on any atom is 0.261 e. The first-order chi connectivity index (χ1) is 15.6. The van der Waals surface area contributed by atoms with Crippen LogP contribution in [0, 0.1) is 6.92 Å². The smallest absolute Gasteiger partial charge is 0.261 e. The van der Waals surface area contributed by atoms with Gasteiger partial charge in [-0.25, -0.2) is 19.9 Å². The second kappa shape index (κ2) is 8.51. The molecule has 1 aromatic carbocycles. The summed E-state index contributed by atoms with van der Waals surface area (Å²) in [5.74, 6) is 1.67. The molecular weight excluding hydrogens is 406 g/mol. The van der Waals surface area contributed by atoms with Gasteiger partial charge in [0.25, 0.3) is 5.56 Å². The third-order valence-electron chi connectivity index (χ3n) is 5.85. The van der Waals surface area contributed by atoms with E-state index >= 15 is 0 Å². The van der Waals surface area contributed by atoms with E-state index in [2.05, 4.69) is 24.8 Å². The van der Waals surface area contributed by atoms with Crippen LogP contribution in [0.1, 0.15) is 5.82 Å². The number of aryl methyl sites for hydroxylation is 1. The van der Waals surface area contributed by atoms with Crippen molar-refractivity contribution in [2.45, 2.75) is 13.5 Å². The summed E-state index contributed by atoms with van der Waals surface area (Å²) in [6, 6.07) is 9.84. The van der Waals surface area contributed by atoms with Crippen LogP contribution >= 0.6 is 0 Å². The van der Waals surface area contributed by atoms with Gasteiger partial charge in [0.05, 0.1) is 35.8 Å². The first kappa shape index (κ1) is 20.3. The molecule has 9 nitrogen and oxygen atoms in total. The predicted molar refractivity (Wildman–Crippen MR) is 124 cm³/mol. The molecule has 0 N–H and O–H groups in total. The molecule has 1 fully saturated rings. The summed E-state index contributed by atoms with van der Waals surface area (Å²) < 4.78 is 6.66. The Morgan fingerprint density at radius 3 is 2.62 bits per heavy atom. The molecule has 0 atom stereocenters. The molecule has 0 spiro atoms. The van der Waals surface area contributed by atoms with E-state index in [9.17, 15) is 4.79 Å². The molecule has 164 valence electrons. The molecule has 0 aliphatic carbocycles. The van der Waals surface area contributed by atoms with Crippen LogP contribution in [0.5, 0.6) is 0 Å². The van der Waals surface area contributed by atoms with Gasteiger partial charge >= 0.3 is 0 Å². The van der Waals surface area contributed by atoms with Crippen molar-refractivity contribution in [3.05, 3.63) is 59.0 Å². The summed E-state index contributed by atoms with van der Waals surface area (Å²) in [5, 5.41) is 1.60. The number of nitrogens with zero attached hydrogens (tertiary/aromatic N) is 7. The number of rotatable bonds is 5. The number of anilines is 2. The van der Waals surface area contributed by atoms with E-state index in [1.165, 1.54) is 0 Å². The topological polar surface area (TPSA) is 89.3 Å². The van der Waals surface area contributed by atoms with Gasteiger partial charge in [-0.05, 0) is 37.3 Å². The van der Waals surface area contributed by atoms with Crippen LogP contribution in [-0.2, 0) is 11.3 Å². The van der Waals surface area contributed by atoms with E-state index in [4.69, 9.17) is 9.72 Å². The van der Waals surface area contributed by atoms with Gasteiger partial charge in [-0.3, -0.25) is 9.36 Å². The summed E-state index contributed by atoms with van der Waals surface area (Å²) in [6.45, 7) is 6.25. The first-order valence-corrected chi connectivity index (χ1v) is 10.7. The average Bonchev–Trinajstić information content (AvgIpc) is 2.83. The number of methoxy groups -OCH3 is 1. The summed E-state index contributed by atoms with van der Waals surface area (Å²) in [4.78, 5) is 35.4. The van der Waals surface area contributed by atoms with Gasteiger partial charge in [0, 0.05) is 45.2 Å². The van der Waals surface area contributed by atoms with E-state index in [1.807, 2.05) is 37.3 Å². The van der Waals surface area contributed by atoms with Crippen LogP contribution in [0.4, 0.5) is 11.5 Å². The first-order valence-electron chi connectivity index (χ1n) is 10.7. The molecule has 1 aliphatic heterocycles. The third kappa shape index (κ3) is 3.75. The fourth-order valence-electron chi connectivity index (χ4n) is 4.16. The molecule has 0 bridgehead atoms. The number of aromatic nitrogens is 5. The lowest BCUT2D eigenvalue weighted by atomic mass is 10.2. The maximum atomic E-state index is 12.7. The van der Waals surface area contributed by atoms with E-state index in [-0.39, 0.29) is 5.56 Å². The quantitative estimate of drug-likeness (QED) is 0.474. The molecule has 4 aromatic rings. The minimum atomic E-state index is -0.0389. The Morgan fingerprint density at radius 1 is 1.00 bits per heavy atom. The molecule has 1 aliphatic rings. The zero-order valence-electron chi connectivity index (χ0n) is 18.2. The third-order valence-corrected chi connectivity index (χ3v) is 5.85. The van der Waals surface area contributed by atoms with E-state index < -0.39 is 0 Å². The fraction of sp³-hybridized carbons (Fsp3) is 0.348. The number of hydrogen-bond donors (Lipinski definition) is 0. The summed E-state index contributed by atoms with van der Waals surface area (Å²) in [5.41, 5.74) is 2.48. The lowest BCUT2D eigenvalue weighted by molar-refractivity contribution is 0.186. The second-order valence-corrected chi connectivity index (χ2v) is 7.88. The highest BCUT2D eigenvalue weighted by atomic mass is 16.5. The van der Waals surface area contributed by atoms with Crippen molar-refractivity contribution >= 4 is 33.4 Å². The highest BCUT2D eigenvalue weighted by Crippen LogP contribution is 2.26. The Kier molecular flexibility index (Phi) is 5.40. The lowest BCUT2D eigenvalue weighted by Crippen LogP contribution is -2.47. The normalized spacial score (nSPS) is 14.4. The van der Waals surface area contributed by atoms with Crippen LogP contribution in [0.15, 0.2) is 47.7 Å². The van der Waals surface area contributed by atoms with Gasteiger partial charge in [0.2, 0.25) is 0 Å². The van der Waals surface area contributed by atoms with Crippen molar-refractivity contribution in [2.75, 3.05) is 49.7 Å². The summed E-state index contributed by atoms with van der Waals surface area (Å²) in [6.07, 6.45) is 3.36. The summed E-state index contributed by atoms with van der Waals surface area (Å²) >= 11 is 0. The molecule has 0 saturated carbocycles. The molecule has 32 heavy (non-hydrogen) atoms. The molecule has 5 rings (SSSR count). The van der Waals surface area contributed by atoms with Gasteiger partial charge in [0.1, 0.15) is 11.6 Å². The highest BCUT2D eigenvalue weighted by molar-refractivity contribution is 5.87. The van der Waals surface area contributed by atoms with Gasteiger partial charge in [-0.1, -0.05) is 0 Å². The number of benzene rings is 1. The number of hydrogen-bond acceptors (Lipinski definition) is 8. The van der Waals surface area contributed by atoms with Gasteiger partial charge in [0.15, 0.2) is 5.65 Å². The predicted octanol–water partition coefficient (Wildman–Crippen LogP) is 2.02. The van der Waals surface area contributed by atoms with Gasteiger partial charge in [-0.2, -0.15) is 0 Å². The minimum absolute atomic E-state index is 0.0389. The molecular formula is C23H25N7O2. The molecule has 9 heteroatoms. The zero-order valence-corrected chi connectivity index (χ0v) is 18.2. The SMILES string of the molecule is COCCn1cnc2cc(N3CCN(c4nc(C)nc5ncccc45)CC3)ccc2c1=O. The molecule has 3 aromatic heterocycles. The van der Waals surface area contributed by atoms with Crippen LogP contribution in [-0.4, -0.2) is 64.4 Å². The molecule has 0 unspecified atom stereocenters. The van der Waals surface area contributed by atoms with E-state index in [1.54, 1.807) is 24.2 Å². The fourth-order valence-corrected chi connectivity index (χ4v) is 4.16. The Bertz CT molecular complexity index is 1330. The molecule has 0 radical (unpaired) electrons. The van der Waals surface area contributed by atoms with E-state index in [0.29, 0.717) is 24.1 Å². The number of piperazine rings is 1. The van der Waals surface area contributed by atoms with Crippen LogP contribution in [0.25, 0.3) is 21.9 Å². The van der Waals surface area contributed by atoms with Gasteiger partial charge in [-0.15, -0.1) is 0 Å². The van der Waals surface area contributed by atoms with E-state index in [0.717, 1.165) is 54.5 Å². The lowest BCUT2D eigenvalue weighted by Gasteiger charge is -2.37. The largest absolute Gasteiger partial charge is 0.383 e. The standard InChI is InChI=1S/C23H25N7O2/c1-16-26-21-19(4-3-7-24-21)22(27-16)29-10-8-28(9-11-29)17-5-6-18-20(14-17)25-15-30(23(18)31)12-13-32-2/h3-7,14-15H,8-13H2,1-2H3. The molecule has 1 saturated heterocycles. The van der Waals surface area contributed by atoms with Gasteiger partial charge < -0.3 is 14.5 Å². The molecule has 4 heterocycles. The Morgan fingerprint density at radius 2 is 1.81 bits per heavy atom. The Labute approximate surface area is 185 Å². The van der Waals surface area contributed by atoms with Crippen molar-refractivity contribution in [1.29, 1.82) is 0 Å². The minimum Gasteiger partial charge on any atom is -0.383 e. The van der Waals surface area contributed by atoms with Crippen molar-refractivity contribution in [1.82, 2.24) is 24.5 Å². The van der Waals surface area contributed by atoms with Crippen molar-refractivity contribution in [2.24, 2.45) is 0 Å².